The van der Waals surface area contributed by atoms with Gasteiger partial charge in [0.1, 0.15) is 5.75 Å². The number of urea groups is 1. The summed E-state index contributed by atoms with van der Waals surface area (Å²) >= 11 is 0. The van der Waals surface area contributed by atoms with Crippen LogP contribution in [0.15, 0.2) is 60.9 Å². The van der Waals surface area contributed by atoms with Gasteiger partial charge in [0.25, 0.3) is 0 Å². The lowest BCUT2D eigenvalue weighted by atomic mass is 9.86. The van der Waals surface area contributed by atoms with Gasteiger partial charge in [-0.1, -0.05) is 24.3 Å². The Morgan fingerprint density at radius 3 is 2.57 bits per heavy atom. The minimum absolute atomic E-state index is 0.0968. The molecule has 2 aromatic carbocycles. The van der Waals surface area contributed by atoms with E-state index in [2.05, 4.69) is 50.3 Å². The summed E-state index contributed by atoms with van der Waals surface area (Å²) in [7, 11) is 1.69. The highest BCUT2D eigenvalue weighted by molar-refractivity contribution is 5.95. The number of methoxy groups -OCH3 is 1. The summed E-state index contributed by atoms with van der Waals surface area (Å²) in [6, 6.07) is 16.5. The summed E-state index contributed by atoms with van der Waals surface area (Å²) in [5.74, 6) is 1.72. The van der Waals surface area contributed by atoms with Crippen LogP contribution in [0.5, 0.6) is 5.75 Å². The Balaban J connectivity index is 1.26. The summed E-state index contributed by atoms with van der Waals surface area (Å²) in [4.78, 5) is 20.6. The molecule has 2 amide bonds. The number of benzene rings is 2. The molecule has 35 heavy (non-hydrogen) atoms. The molecule has 2 aliphatic heterocycles. The molecule has 182 valence electrons. The van der Waals surface area contributed by atoms with Crippen LogP contribution in [0, 0.1) is 5.92 Å². The average Bonchev–Trinajstić information content (AvgIpc) is 3.46. The van der Waals surface area contributed by atoms with Crippen LogP contribution in [0.25, 0.3) is 11.1 Å². The predicted octanol–water partition coefficient (Wildman–Crippen LogP) is 4.77. The summed E-state index contributed by atoms with van der Waals surface area (Å²) < 4.78 is 5.45. The number of anilines is 1. The molecule has 6 rings (SSSR count). The number of carbonyl (C=O) groups is 1. The maximum absolute atomic E-state index is 13.9. The smallest absolute Gasteiger partial charge is 0.325 e. The highest BCUT2D eigenvalue weighted by Gasteiger charge is 2.51. The molecule has 7 nitrogen and oxygen atoms in total. The SMILES string of the molecule is COc1cccc(CN2C(=O)N(c3ccc(-c4cn[nH]c4)cc3)CC23CCN(CC2CC2)CC3)c1. The van der Waals surface area contributed by atoms with E-state index in [9.17, 15) is 4.79 Å². The lowest BCUT2D eigenvalue weighted by Gasteiger charge is -2.44. The number of nitrogens with one attached hydrogen (secondary N) is 1. The van der Waals surface area contributed by atoms with E-state index in [0.717, 1.165) is 66.5 Å². The molecule has 0 unspecified atom stereocenters. The monoisotopic (exact) mass is 471 g/mol. The number of amides is 2. The van der Waals surface area contributed by atoms with Crippen molar-refractivity contribution in [1.82, 2.24) is 20.0 Å². The minimum atomic E-state index is -0.149. The number of H-pyrrole nitrogens is 1. The fraction of sp³-hybridized carbons (Fsp3) is 0.429. The third kappa shape index (κ3) is 4.41. The summed E-state index contributed by atoms with van der Waals surface area (Å²) in [5.41, 5.74) is 4.04. The minimum Gasteiger partial charge on any atom is -0.497 e. The molecule has 3 aromatic rings. The molecule has 1 spiro atoms. The third-order valence-corrected chi connectivity index (χ3v) is 7.97. The summed E-state index contributed by atoms with van der Waals surface area (Å²) in [6.45, 7) is 4.68. The first-order chi connectivity index (χ1) is 17.1. The molecule has 0 atom stereocenters. The van der Waals surface area contributed by atoms with E-state index in [1.165, 1.54) is 19.4 Å². The third-order valence-electron chi connectivity index (χ3n) is 7.97. The van der Waals surface area contributed by atoms with Gasteiger partial charge in [-0.05, 0) is 67.0 Å². The number of piperidine rings is 1. The first-order valence-electron chi connectivity index (χ1n) is 12.7. The second-order valence-electron chi connectivity index (χ2n) is 10.3. The van der Waals surface area contributed by atoms with E-state index in [1.807, 2.05) is 35.5 Å². The number of ether oxygens (including phenoxy) is 1. The van der Waals surface area contributed by atoms with Crippen LogP contribution in [0.2, 0.25) is 0 Å². The second-order valence-corrected chi connectivity index (χ2v) is 10.3. The standard InChI is InChI=1S/C28H33N5O2/c1-35-26-4-2-3-22(15-26)19-33-27(34)32(25-9-7-23(8-10-25)24-16-29-30-17-24)20-28(33)11-13-31(14-12-28)18-21-5-6-21/h2-4,7-10,15-17,21H,5-6,11-14,18-20H2,1H3,(H,29,30). The Hall–Kier alpha value is -3.32. The Bertz CT molecular complexity index is 1160. The fourth-order valence-corrected chi connectivity index (χ4v) is 5.67. The van der Waals surface area contributed by atoms with Gasteiger partial charge in [-0.3, -0.25) is 10.00 Å². The molecule has 3 heterocycles. The molecular formula is C28H33N5O2. The normalized spacial score (nSPS) is 20.1. The molecule has 2 saturated heterocycles. The molecule has 3 aliphatic rings. The van der Waals surface area contributed by atoms with Crippen molar-refractivity contribution >= 4 is 11.7 Å². The summed E-state index contributed by atoms with van der Waals surface area (Å²) in [6.07, 6.45) is 8.49. The number of rotatable bonds is 7. The van der Waals surface area contributed by atoms with Crippen molar-refractivity contribution in [3.8, 4) is 16.9 Å². The number of hydrogen-bond donors (Lipinski definition) is 1. The van der Waals surface area contributed by atoms with Gasteiger partial charge in [0.15, 0.2) is 0 Å². The van der Waals surface area contributed by atoms with Crippen molar-refractivity contribution in [2.45, 2.75) is 37.8 Å². The number of nitrogens with zero attached hydrogens (tertiary/aromatic N) is 4. The maximum Gasteiger partial charge on any atom is 0.325 e. The lowest BCUT2D eigenvalue weighted by molar-refractivity contribution is 0.0701. The topological polar surface area (TPSA) is 64.7 Å². The first-order valence-corrected chi connectivity index (χ1v) is 12.7. The first kappa shape index (κ1) is 22.2. The Morgan fingerprint density at radius 2 is 1.89 bits per heavy atom. The predicted molar refractivity (Wildman–Crippen MR) is 136 cm³/mol. The van der Waals surface area contributed by atoms with E-state index in [1.54, 1.807) is 7.11 Å². The maximum atomic E-state index is 13.9. The molecule has 3 fully saturated rings. The van der Waals surface area contributed by atoms with E-state index >= 15 is 0 Å². The van der Waals surface area contributed by atoms with E-state index in [-0.39, 0.29) is 11.6 Å². The molecule has 0 bridgehead atoms. The van der Waals surface area contributed by atoms with Crippen molar-refractivity contribution in [2.75, 3.05) is 38.2 Å². The zero-order chi connectivity index (χ0) is 23.8. The van der Waals surface area contributed by atoms with E-state index in [0.29, 0.717) is 6.54 Å². The lowest BCUT2D eigenvalue weighted by Crippen LogP contribution is -2.54. The average molecular weight is 472 g/mol. The quantitative estimate of drug-likeness (QED) is 0.539. The van der Waals surface area contributed by atoms with E-state index in [4.69, 9.17) is 4.74 Å². The van der Waals surface area contributed by atoms with Crippen molar-refractivity contribution < 1.29 is 9.53 Å². The molecular weight excluding hydrogens is 438 g/mol. The highest BCUT2D eigenvalue weighted by Crippen LogP contribution is 2.41. The number of likely N-dealkylation sites (tertiary alicyclic amines) is 1. The zero-order valence-corrected chi connectivity index (χ0v) is 20.3. The van der Waals surface area contributed by atoms with Crippen LogP contribution in [0.1, 0.15) is 31.2 Å². The fourth-order valence-electron chi connectivity index (χ4n) is 5.67. The van der Waals surface area contributed by atoms with Crippen LogP contribution in [0.4, 0.5) is 10.5 Å². The van der Waals surface area contributed by atoms with Gasteiger partial charge in [0, 0.05) is 43.6 Å². The van der Waals surface area contributed by atoms with Crippen molar-refractivity contribution in [3.05, 3.63) is 66.5 Å². The van der Waals surface area contributed by atoms with Crippen molar-refractivity contribution in [3.63, 3.8) is 0 Å². The van der Waals surface area contributed by atoms with Crippen molar-refractivity contribution in [2.24, 2.45) is 5.92 Å². The van der Waals surface area contributed by atoms with Crippen LogP contribution in [0.3, 0.4) is 0 Å². The van der Waals surface area contributed by atoms with Gasteiger partial charge in [-0.15, -0.1) is 0 Å². The van der Waals surface area contributed by atoms with E-state index < -0.39 is 0 Å². The molecule has 7 heteroatoms. The molecule has 0 radical (unpaired) electrons. The highest BCUT2D eigenvalue weighted by atomic mass is 16.5. The molecule has 1 N–H and O–H groups in total. The Kier molecular flexibility index (Phi) is 5.72. The van der Waals surface area contributed by atoms with Crippen molar-refractivity contribution in [1.29, 1.82) is 0 Å². The largest absolute Gasteiger partial charge is 0.497 e. The van der Waals surface area contributed by atoms with Crippen LogP contribution < -0.4 is 9.64 Å². The number of aromatic nitrogens is 2. The van der Waals surface area contributed by atoms with Gasteiger partial charge in [-0.25, -0.2) is 4.79 Å². The van der Waals surface area contributed by atoms with Crippen LogP contribution in [-0.4, -0.2) is 64.9 Å². The van der Waals surface area contributed by atoms with Gasteiger partial charge >= 0.3 is 6.03 Å². The number of hydrogen-bond acceptors (Lipinski definition) is 4. The number of aromatic amines is 1. The zero-order valence-electron chi connectivity index (χ0n) is 20.3. The van der Waals surface area contributed by atoms with Gasteiger partial charge in [-0.2, -0.15) is 5.10 Å². The Morgan fingerprint density at radius 1 is 1.09 bits per heavy atom. The molecule has 1 aliphatic carbocycles. The van der Waals surface area contributed by atoms with Gasteiger partial charge < -0.3 is 14.5 Å². The van der Waals surface area contributed by atoms with Gasteiger partial charge in [0.2, 0.25) is 0 Å². The Labute approximate surface area is 206 Å². The molecule has 1 aromatic heterocycles. The van der Waals surface area contributed by atoms with Gasteiger partial charge in [0.05, 0.1) is 25.4 Å². The molecule has 1 saturated carbocycles. The van der Waals surface area contributed by atoms with Crippen LogP contribution >= 0.6 is 0 Å². The number of carbonyl (C=O) groups excluding carboxylic acids is 1. The summed E-state index contributed by atoms with van der Waals surface area (Å²) in [5, 5.41) is 6.91. The second kappa shape index (κ2) is 9.04. The van der Waals surface area contributed by atoms with Crippen LogP contribution in [-0.2, 0) is 6.54 Å².